The van der Waals surface area contributed by atoms with Gasteiger partial charge in [0.2, 0.25) is 5.91 Å². The number of carbonyl (C=O) groups is 1. The van der Waals surface area contributed by atoms with Crippen molar-refractivity contribution in [1.82, 2.24) is 5.32 Å². The first-order chi connectivity index (χ1) is 8.97. The molecule has 0 radical (unpaired) electrons. The topological polar surface area (TPSA) is 38.3 Å². The van der Waals surface area contributed by atoms with Gasteiger partial charge in [-0.05, 0) is 36.8 Å². The van der Waals surface area contributed by atoms with Gasteiger partial charge >= 0.3 is 0 Å². The predicted octanol–water partition coefficient (Wildman–Crippen LogP) is 3.27. The van der Waals surface area contributed by atoms with Gasteiger partial charge in [-0.3, -0.25) is 4.79 Å². The first-order valence-electron chi connectivity index (χ1n) is 6.83. The predicted molar refractivity (Wildman–Crippen MR) is 78.6 cm³/mol. The molecule has 0 aliphatic carbocycles. The summed E-state index contributed by atoms with van der Waals surface area (Å²) in [4.78, 5) is 11.7. The van der Waals surface area contributed by atoms with Crippen molar-refractivity contribution < 1.29 is 9.53 Å². The molecule has 0 aromatic heterocycles. The van der Waals surface area contributed by atoms with Gasteiger partial charge in [-0.2, -0.15) is 0 Å². The van der Waals surface area contributed by atoms with Gasteiger partial charge in [0, 0.05) is 13.5 Å². The molecule has 0 saturated heterocycles. The van der Waals surface area contributed by atoms with E-state index in [1.807, 2.05) is 12.1 Å². The molecule has 19 heavy (non-hydrogen) atoms. The third-order valence-corrected chi connectivity index (χ3v) is 3.29. The minimum absolute atomic E-state index is 0.0780. The van der Waals surface area contributed by atoms with Crippen LogP contribution in [0.5, 0.6) is 5.75 Å². The van der Waals surface area contributed by atoms with E-state index >= 15 is 0 Å². The third-order valence-electron chi connectivity index (χ3n) is 3.29. The Balaban J connectivity index is 3.07. The minimum atomic E-state index is 0.0780. The molecule has 0 aliphatic rings. The van der Waals surface area contributed by atoms with Crippen LogP contribution in [0.1, 0.15) is 43.7 Å². The molecule has 1 atom stereocenters. The summed E-state index contributed by atoms with van der Waals surface area (Å²) in [7, 11) is 3.36. The Morgan fingerprint density at radius 1 is 1.37 bits per heavy atom. The monoisotopic (exact) mass is 263 g/mol. The van der Waals surface area contributed by atoms with Crippen molar-refractivity contribution in [2.75, 3.05) is 14.2 Å². The molecule has 0 aliphatic heterocycles. The number of hydrogen-bond acceptors (Lipinski definition) is 2. The van der Waals surface area contributed by atoms with E-state index in [0.717, 1.165) is 17.7 Å². The second kappa shape index (κ2) is 7.17. The molecule has 1 N–H and O–H groups in total. The highest BCUT2D eigenvalue weighted by Crippen LogP contribution is 2.34. The number of methoxy groups -OCH3 is 1. The van der Waals surface area contributed by atoms with Crippen LogP contribution in [0.25, 0.3) is 0 Å². The minimum Gasteiger partial charge on any atom is -0.496 e. The van der Waals surface area contributed by atoms with Gasteiger partial charge in [0.1, 0.15) is 5.75 Å². The maximum atomic E-state index is 11.7. The number of ether oxygens (including phenoxy) is 1. The smallest absolute Gasteiger partial charge is 0.220 e. The molecule has 3 heteroatoms. The molecule has 0 spiro atoms. The zero-order valence-corrected chi connectivity index (χ0v) is 12.6. The van der Waals surface area contributed by atoms with Crippen LogP contribution in [0.15, 0.2) is 18.2 Å². The number of amides is 1. The molecule has 1 amide bonds. The highest BCUT2D eigenvalue weighted by Gasteiger charge is 2.20. The lowest BCUT2D eigenvalue weighted by molar-refractivity contribution is -0.121. The van der Waals surface area contributed by atoms with Crippen molar-refractivity contribution in [3.8, 4) is 5.75 Å². The summed E-state index contributed by atoms with van der Waals surface area (Å²) in [6.45, 7) is 6.42. The fourth-order valence-corrected chi connectivity index (χ4v) is 2.39. The average Bonchev–Trinajstić information content (AvgIpc) is 2.37. The Labute approximate surface area is 116 Å². The van der Waals surface area contributed by atoms with Gasteiger partial charge in [0.15, 0.2) is 0 Å². The van der Waals surface area contributed by atoms with E-state index in [1.54, 1.807) is 14.2 Å². The number of benzene rings is 1. The average molecular weight is 263 g/mol. The molecule has 3 nitrogen and oxygen atoms in total. The standard InChI is InChI=1S/C16H25NO2/c1-11(2)8-13(10-16(18)17-4)14-9-12(3)6-7-15(14)19-5/h6-7,9,11,13H,8,10H2,1-5H3,(H,17,18). The van der Waals surface area contributed by atoms with Gasteiger partial charge in [-0.15, -0.1) is 0 Å². The van der Waals surface area contributed by atoms with Crippen molar-refractivity contribution in [1.29, 1.82) is 0 Å². The van der Waals surface area contributed by atoms with Crippen LogP contribution in [-0.2, 0) is 4.79 Å². The molecule has 0 heterocycles. The summed E-state index contributed by atoms with van der Waals surface area (Å²) in [5.41, 5.74) is 2.33. The van der Waals surface area contributed by atoms with E-state index in [9.17, 15) is 4.79 Å². The summed E-state index contributed by atoms with van der Waals surface area (Å²) in [5, 5.41) is 2.71. The summed E-state index contributed by atoms with van der Waals surface area (Å²) >= 11 is 0. The SMILES string of the molecule is CNC(=O)CC(CC(C)C)c1cc(C)ccc1OC. The molecule has 0 fully saturated rings. The van der Waals surface area contributed by atoms with Crippen LogP contribution in [0, 0.1) is 12.8 Å². The number of nitrogens with one attached hydrogen (secondary N) is 1. The maximum absolute atomic E-state index is 11.7. The Morgan fingerprint density at radius 3 is 2.58 bits per heavy atom. The molecule has 1 unspecified atom stereocenters. The van der Waals surface area contributed by atoms with E-state index in [0.29, 0.717) is 12.3 Å². The van der Waals surface area contributed by atoms with Crippen molar-refractivity contribution in [2.24, 2.45) is 5.92 Å². The molecular formula is C16H25NO2. The number of rotatable bonds is 6. The Morgan fingerprint density at radius 2 is 2.05 bits per heavy atom. The fraction of sp³-hybridized carbons (Fsp3) is 0.562. The fourth-order valence-electron chi connectivity index (χ4n) is 2.39. The van der Waals surface area contributed by atoms with E-state index < -0.39 is 0 Å². The molecular weight excluding hydrogens is 238 g/mol. The summed E-state index contributed by atoms with van der Waals surface area (Å²) in [6.07, 6.45) is 1.49. The Kier molecular flexibility index (Phi) is 5.87. The molecule has 1 rings (SSSR count). The van der Waals surface area contributed by atoms with E-state index in [-0.39, 0.29) is 11.8 Å². The lowest BCUT2D eigenvalue weighted by Crippen LogP contribution is -2.21. The van der Waals surface area contributed by atoms with E-state index in [2.05, 4.69) is 32.2 Å². The van der Waals surface area contributed by atoms with Gasteiger partial charge in [0.25, 0.3) is 0 Å². The van der Waals surface area contributed by atoms with Crippen LogP contribution >= 0.6 is 0 Å². The number of hydrogen-bond donors (Lipinski definition) is 1. The van der Waals surface area contributed by atoms with E-state index in [1.165, 1.54) is 5.56 Å². The maximum Gasteiger partial charge on any atom is 0.220 e. The number of carbonyl (C=O) groups excluding carboxylic acids is 1. The number of aryl methyl sites for hydroxylation is 1. The van der Waals surface area contributed by atoms with Crippen LogP contribution in [-0.4, -0.2) is 20.1 Å². The molecule has 106 valence electrons. The quantitative estimate of drug-likeness (QED) is 0.855. The first kappa shape index (κ1) is 15.5. The van der Waals surface area contributed by atoms with E-state index in [4.69, 9.17) is 4.74 Å². The van der Waals surface area contributed by atoms with Crippen LogP contribution in [0.2, 0.25) is 0 Å². The van der Waals surface area contributed by atoms with Crippen molar-refractivity contribution in [3.63, 3.8) is 0 Å². The molecule has 0 bridgehead atoms. The summed E-state index contributed by atoms with van der Waals surface area (Å²) in [6, 6.07) is 6.16. The second-order valence-corrected chi connectivity index (χ2v) is 5.45. The van der Waals surface area contributed by atoms with Crippen LogP contribution < -0.4 is 10.1 Å². The summed E-state index contributed by atoms with van der Waals surface area (Å²) in [5.74, 6) is 1.70. The van der Waals surface area contributed by atoms with Crippen molar-refractivity contribution in [3.05, 3.63) is 29.3 Å². The first-order valence-corrected chi connectivity index (χ1v) is 6.83. The Hall–Kier alpha value is -1.51. The van der Waals surface area contributed by atoms with Gasteiger partial charge in [-0.25, -0.2) is 0 Å². The lowest BCUT2D eigenvalue weighted by Gasteiger charge is -2.21. The van der Waals surface area contributed by atoms with Gasteiger partial charge < -0.3 is 10.1 Å². The van der Waals surface area contributed by atoms with Crippen LogP contribution in [0.4, 0.5) is 0 Å². The molecule has 0 saturated carbocycles. The zero-order valence-electron chi connectivity index (χ0n) is 12.6. The third kappa shape index (κ3) is 4.58. The van der Waals surface area contributed by atoms with Crippen molar-refractivity contribution >= 4 is 5.91 Å². The highest BCUT2D eigenvalue weighted by atomic mass is 16.5. The lowest BCUT2D eigenvalue weighted by atomic mass is 9.86. The van der Waals surface area contributed by atoms with Crippen molar-refractivity contribution in [2.45, 2.75) is 39.5 Å². The largest absolute Gasteiger partial charge is 0.496 e. The summed E-state index contributed by atoms with van der Waals surface area (Å²) < 4.78 is 5.45. The zero-order chi connectivity index (χ0) is 14.4. The van der Waals surface area contributed by atoms with Gasteiger partial charge in [-0.1, -0.05) is 31.5 Å². The molecule has 1 aromatic rings. The highest BCUT2D eigenvalue weighted by molar-refractivity contribution is 5.76. The molecule has 1 aromatic carbocycles. The Bertz CT molecular complexity index is 427. The normalized spacial score (nSPS) is 12.3. The second-order valence-electron chi connectivity index (χ2n) is 5.45. The van der Waals surface area contributed by atoms with Gasteiger partial charge in [0.05, 0.1) is 7.11 Å². The van der Waals surface area contributed by atoms with Crippen LogP contribution in [0.3, 0.4) is 0 Å².